The first-order valence-electron chi connectivity index (χ1n) is 7.27. The minimum atomic E-state index is -0.263. The van der Waals surface area contributed by atoms with Crippen LogP contribution >= 0.6 is 0 Å². The highest BCUT2D eigenvalue weighted by atomic mass is 16.5. The second-order valence-electron chi connectivity index (χ2n) is 5.42. The Morgan fingerprint density at radius 3 is 2.80 bits per heavy atom. The van der Waals surface area contributed by atoms with Crippen molar-refractivity contribution in [3.8, 4) is 5.75 Å². The van der Waals surface area contributed by atoms with E-state index in [2.05, 4.69) is 29.0 Å². The third-order valence-electron chi connectivity index (χ3n) is 4.16. The zero-order valence-electron chi connectivity index (χ0n) is 11.9. The molecule has 0 bridgehead atoms. The van der Waals surface area contributed by atoms with Crippen LogP contribution in [0.15, 0.2) is 36.5 Å². The summed E-state index contributed by atoms with van der Waals surface area (Å²) in [7, 11) is 1.69. The number of aliphatic hydroxyl groups excluding tert-OH is 1. The van der Waals surface area contributed by atoms with Gasteiger partial charge in [0.05, 0.1) is 13.2 Å². The highest BCUT2D eigenvalue weighted by Crippen LogP contribution is 2.30. The quantitative estimate of drug-likeness (QED) is 0.927. The van der Waals surface area contributed by atoms with Gasteiger partial charge in [-0.3, -0.25) is 0 Å². The Balaban J connectivity index is 1.69. The third kappa shape index (κ3) is 2.59. The Morgan fingerprint density at radius 2 is 2.05 bits per heavy atom. The number of hydrogen-bond acceptors (Lipinski definition) is 2. The van der Waals surface area contributed by atoms with Crippen molar-refractivity contribution >= 4 is 0 Å². The second kappa shape index (κ2) is 5.71. The maximum Gasteiger partial charge on any atom is 0.118 e. The summed E-state index contributed by atoms with van der Waals surface area (Å²) in [5, 5.41) is 9.99. The molecule has 1 aromatic carbocycles. The molecule has 0 aliphatic heterocycles. The summed E-state index contributed by atoms with van der Waals surface area (Å²) in [6.45, 7) is 0.967. The average molecular weight is 271 g/mol. The Kier molecular flexibility index (Phi) is 3.79. The normalized spacial score (nSPS) is 17.8. The summed E-state index contributed by atoms with van der Waals surface area (Å²) < 4.78 is 7.47. The number of aromatic nitrogens is 1. The topological polar surface area (TPSA) is 34.4 Å². The van der Waals surface area contributed by atoms with Crippen molar-refractivity contribution in [1.29, 1.82) is 0 Å². The van der Waals surface area contributed by atoms with Gasteiger partial charge < -0.3 is 14.4 Å². The van der Waals surface area contributed by atoms with Crippen LogP contribution in [0.5, 0.6) is 5.75 Å². The minimum Gasteiger partial charge on any atom is -0.497 e. The van der Waals surface area contributed by atoms with E-state index in [0.717, 1.165) is 43.5 Å². The van der Waals surface area contributed by atoms with Gasteiger partial charge in [-0.25, -0.2) is 0 Å². The Bertz CT molecular complexity index is 571. The maximum absolute atomic E-state index is 9.99. The fourth-order valence-corrected chi connectivity index (χ4v) is 2.98. The molecule has 0 saturated heterocycles. The molecule has 2 aromatic rings. The molecular weight excluding hydrogens is 250 g/mol. The molecule has 0 radical (unpaired) electrons. The van der Waals surface area contributed by atoms with E-state index >= 15 is 0 Å². The molecule has 1 aliphatic rings. The van der Waals surface area contributed by atoms with Gasteiger partial charge in [-0.2, -0.15) is 0 Å². The molecule has 0 saturated carbocycles. The van der Waals surface area contributed by atoms with Crippen LogP contribution in [0.25, 0.3) is 0 Å². The molecule has 3 rings (SSSR count). The van der Waals surface area contributed by atoms with Gasteiger partial charge >= 0.3 is 0 Å². The van der Waals surface area contributed by atoms with E-state index in [1.807, 2.05) is 12.1 Å². The lowest BCUT2D eigenvalue weighted by Gasteiger charge is -2.20. The molecule has 1 aliphatic carbocycles. The van der Waals surface area contributed by atoms with Crippen LogP contribution in [0.2, 0.25) is 0 Å². The third-order valence-corrected chi connectivity index (χ3v) is 4.16. The van der Waals surface area contributed by atoms with Crippen LogP contribution in [0.3, 0.4) is 0 Å². The largest absolute Gasteiger partial charge is 0.497 e. The number of nitrogens with zero attached hydrogens (tertiary/aromatic N) is 1. The summed E-state index contributed by atoms with van der Waals surface area (Å²) in [4.78, 5) is 0. The molecule has 3 heteroatoms. The number of fused-ring (bicyclic) bond motifs is 1. The Hall–Kier alpha value is -1.74. The minimum absolute atomic E-state index is 0.263. The van der Waals surface area contributed by atoms with Crippen LogP contribution < -0.4 is 4.74 Å². The lowest BCUT2D eigenvalue weighted by atomic mass is 9.95. The summed E-state index contributed by atoms with van der Waals surface area (Å²) in [5.74, 6) is 0.898. The molecule has 3 nitrogen and oxygen atoms in total. The Morgan fingerprint density at radius 1 is 1.25 bits per heavy atom. The van der Waals surface area contributed by atoms with E-state index in [-0.39, 0.29) is 6.10 Å². The lowest BCUT2D eigenvalue weighted by molar-refractivity contribution is 0.155. The number of rotatable bonds is 4. The van der Waals surface area contributed by atoms with Gasteiger partial charge in [0.15, 0.2) is 0 Å². The van der Waals surface area contributed by atoms with E-state index < -0.39 is 0 Å². The van der Waals surface area contributed by atoms with E-state index in [1.165, 1.54) is 11.3 Å². The molecule has 1 unspecified atom stereocenters. The van der Waals surface area contributed by atoms with Crippen molar-refractivity contribution in [2.75, 3.05) is 7.11 Å². The van der Waals surface area contributed by atoms with Crippen LogP contribution in [-0.2, 0) is 19.4 Å². The molecule has 1 atom stereocenters. The van der Waals surface area contributed by atoms with Crippen LogP contribution in [-0.4, -0.2) is 16.8 Å². The average Bonchev–Trinajstić information content (AvgIpc) is 2.90. The van der Waals surface area contributed by atoms with Crippen LogP contribution in [0, 0.1) is 0 Å². The van der Waals surface area contributed by atoms with Gasteiger partial charge in [0, 0.05) is 24.0 Å². The molecular formula is C17H21NO2. The predicted molar refractivity (Wildman–Crippen MR) is 79.0 cm³/mol. The highest BCUT2D eigenvalue weighted by molar-refractivity contribution is 5.29. The van der Waals surface area contributed by atoms with E-state index in [4.69, 9.17) is 4.74 Å². The predicted octanol–water partition coefficient (Wildman–Crippen LogP) is 3.11. The number of aryl methyl sites for hydroxylation is 2. The van der Waals surface area contributed by atoms with Crippen molar-refractivity contribution in [3.05, 3.63) is 53.3 Å². The van der Waals surface area contributed by atoms with Gasteiger partial charge in [0.2, 0.25) is 0 Å². The lowest BCUT2D eigenvalue weighted by Crippen LogP contribution is -2.12. The summed E-state index contributed by atoms with van der Waals surface area (Å²) in [6, 6.07) is 10.3. The van der Waals surface area contributed by atoms with Crippen molar-refractivity contribution in [1.82, 2.24) is 4.57 Å². The number of ether oxygens (including phenoxy) is 1. The highest BCUT2D eigenvalue weighted by Gasteiger charge is 2.20. The first-order chi connectivity index (χ1) is 9.78. The number of hydrogen-bond donors (Lipinski definition) is 1. The van der Waals surface area contributed by atoms with Crippen molar-refractivity contribution < 1.29 is 9.84 Å². The summed E-state index contributed by atoms with van der Waals surface area (Å²) >= 11 is 0. The van der Waals surface area contributed by atoms with Crippen molar-refractivity contribution in [2.24, 2.45) is 0 Å². The van der Waals surface area contributed by atoms with E-state index in [1.54, 1.807) is 7.11 Å². The number of methoxy groups -OCH3 is 1. The Labute approximate surface area is 119 Å². The fraction of sp³-hybridized carbons (Fsp3) is 0.412. The molecule has 1 aromatic heterocycles. The van der Waals surface area contributed by atoms with Crippen molar-refractivity contribution in [3.63, 3.8) is 0 Å². The molecule has 1 N–H and O–H groups in total. The summed E-state index contributed by atoms with van der Waals surface area (Å²) in [5.41, 5.74) is 3.76. The monoisotopic (exact) mass is 271 g/mol. The molecule has 0 amide bonds. The van der Waals surface area contributed by atoms with Crippen LogP contribution in [0.4, 0.5) is 0 Å². The SMILES string of the molecule is COc1ccc(CCn2ccc3c2CCCC3O)cc1. The number of aliphatic hydroxyl groups is 1. The van der Waals surface area contributed by atoms with Gasteiger partial charge in [0.1, 0.15) is 5.75 Å². The van der Waals surface area contributed by atoms with E-state index in [9.17, 15) is 5.11 Å². The van der Waals surface area contributed by atoms with Gasteiger partial charge in [-0.15, -0.1) is 0 Å². The molecule has 20 heavy (non-hydrogen) atoms. The smallest absolute Gasteiger partial charge is 0.118 e. The zero-order valence-corrected chi connectivity index (χ0v) is 11.9. The number of benzene rings is 1. The first kappa shape index (κ1) is 13.3. The molecule has 1 heterocycles. The van der Waals surface area contributed by atoms with E-state index in [0.29, 0.717) is 0 Å². The van der Waals surface area contributed by atoms with Gasteiger partial charge in [-0.05, 0) is 49.4 Å². The molecule has 0 fully saturated rings. The second-order valence-corrected chi connectivity index (χ2v) is 5.42. The maximum atomic E-state index is 9.99. The zero-order chi connectivity index (χ0) is 13.9. The van der Waals surface area contributed by atoms with Gasteiger partial charge in [0.25, 0.3) is 0 Å². The van der Waals surface area contributed by atoms with Crippen LogP contribution in [0.1, 0.15) is 35.8 Å². The fourth-order valence-electron chi connectivity index (χ4n) is 2.98. The summed E-state index contributed by atoms with van der Waals surface area (Å²) in [6.07, 6.45) is 5.92. The standard InChI is InChI=1S/C17H21NO2/c1-20-14-7-5-13(6-8-14)9-11-18-12-10-15-16(18)3-2-4-17(15)19/h5-8,10,12,17,19H,2-4,9,11H2,1H3. The van der Waals surface area contributed by atoms with Crippen molar-refractivity contribution in [2.45, 2.75) is 38.3 Å². The molecule has 106 valence electrons. The van der Waals surface area contributed by atoms with Gasteiger partial charge in [-0.1, -0.05) is 12.1 Å². The first-order valence-corrected chi connectivity index (χ1v) is 7.27. The molecule has 0 spiro atoms.